The highest BCUT2D eigenvalue weighted by molar-refractivity contribution is 5.82. The molecule has 0 saturated heterocycles. The fourth-order valence-corrected chi connectivity index (χ4v) is 4.05. The molecule has 0 aromatic heterocycles. The van der Waals surface area contributed by atoms with Gasteiger partial charge in [0.05, 0.1) is 0 Å². The summed E-state index contributed by atoms with van der Waals surface area (Å²) in [6.07, 6.45) is 5.66. The number of nitrogens with zero attached hydrogens (tertiary/aromatic N) is 1. The third-order valence-electron chi connectivity index (χ3n) is 5.21. The van der Waals surface area contributed by atoms with Gasteiger partial charge in [-0.3, -0.25) is 0 Å². The molecule has 3 aromatic rings. The second kappa shape index (κ2) is 5.78. The van der Waals surface area contributed by atoms with E-state index in [2.05, 4.69) is 102 Å². The molecule has 120 valence electrons. The van der Waals surface area contributed by atoms with E-state index >= 15 is 0 Å². The van der Waals surface area contributed by atoms with Gasteiger partial charge in [-0.05, 0) is 47.4 Å². The fraction of sp³-hybridized carbons (Fsp3) is 0.0833. The molecule has 2 aliphatic rings. The molecule has 1 heterocycles. The summed E-state index contributed by atoms with van der Waals surface area (Å²) in [7, 11) is 0. The number of allylic oxidation sites excluding steroid dienone is 4. The predicted molar refractivity (Wildman–Crippen MR) is 105 cm³/mol. The van der Waals surface area contributed by atoms with Gasteiger partial charge in [0.25, 0.3) is 0 Å². The summed E-state index contributed by atoms with van der Waals surface area (Å²) in [6.45, 7) is 0. The first kappa shape index (κ1) is 14.3. The SMILES string of the molecule is C1=C(c2ccccc2)CC2C(=C1)N(c1ccccc1)c1ccccc12. The average molecular weight is 321 g/mol. The highest BCUT2D eigenvalue weighted by atomic mass is 15.2. The first-order valence-corrected chi connectivity index (χ1v) is 8.82. The van der Waals surface area contributed by atoms with Crippen molar-refractivity contribution in [3.8, 4) is 0 Å². The minimum atomic E-state index is 0.427. The quantitative estimate of drug-likeness (QED) is 0.536. The Labute approximate surface area is 148 Å². The Morgan fingerprint density at radius 3 is 2.16 bits per heavy atom. The topological polar surface area (TPSA) is 3.24 Å². The van der Waals surface area contributed by atoms with E-state index in [1.54, 1.807) is 0 Å². The van der Waals surface area contributed by atoms with Gasteiger partial charge in [0.15, 0.2) is 0 Å². The van der Waals surface area contributed by atoms with Gasteiger partial charge in [-0.15, -0.1) is 0 Å². The molecule has 0 saturated carbocycles. The molecule has 1 atom stereocenters. The molecule has 0 radical (unpaired) electrons. The van der Waals surface area contributed by atoms with E-state index in [0.29, 0.717) is 5.92 Å². The Kier molecular flexibility index (Phi) is 3.31. The molecule has 0 N–H and O–H groups in total. The van der Waals surface area contributed by atoms with Crippen molar-refractivity contribution < 1.29 is 0 Å². The lowest BCUT2D eigenvalue weighted by molar-refractivity contribution is 0.832. The summed E-state index contributed by atoms with van der Waals surface area (Å²) in [5.74, 6) is 0.427. The van der Waals surface area contributed by atoms with Gasteiger partial charge in [0.1, 0.15) is 0 Å². The van der Waals surface area contributed by atoms with Crippen LogP contribution in [0.3, 0.4) is 0 Å². The number of anilines is 2. The Bertz CT molecular complexity index is 967. The Balaban J connectivity index is 1.64. The molecule has 0 spiro atoms. The van der Waals surface area contributed by atoms with E-state index in [-0.39, 0.29) is 0 Å². The van der Waals surface area contributed by atoms with Gasteiger partial charge in [-0.2, -0.15) is 0 Å². The maximum absolute atomic E-state index is 2.41. The van der Waals surface area contributed by atoms with Crippen LogP contribution in [-0.4, -0.2) is 0 Å². The molecule has 1 unspecified atom stereocenters. The molecule has 3 aromatic carbocycles. The van der Waals surface area contributed by atoms with Crippen molar-refractivity contribution in [1.29, 1.82) is 0 Å². The number of benzene rings is 3. The molecule has 1 aliphatic heterocycles. The Morgan fingerprint density at radius 2 is 1.36 bits per heavy atom. The van der Waals surface area contributed by atoms with Crippen molar-refractivity contribution in [1.82, 2.24) is 0 Å². The highest BCUT2D eigenvalue weighted by Crippen LogP contribution is 2.52. The van der Waals surface area contributed by atoms with Gasteiger partial charge in [0.2, 0.25) is 0 Å². The van der Waals surface area contributed by atoms with Crippen molar-refractivity contribution in [2.24, 2.45) is 0 Å². The van der Waals surface area contributed by atoms with Crippen molar-refractivity contribution in [2.45, 2.75) is 12.3 Å². The zero-order chi connectivity index (χ0) is 16.6. The predicted octanol–water partition coefficient (Wildman–Crippen LogP) is 6.29. The van der Waals surface area contributed by atoms with Crippen LogP contribution in [0.5, 0.6) is 0 Å². The summed E-state index contributed by atoms with van der Waals surface area (Å²) >= 11 is 0. The van der Waals surface area contributed by atoms with Crippen molar-refractivity contribution >= 4 is 16.9 Å². The van der Waals surface area contributed by atoms with Crippen molar-refractivity contribution in [3.63, 3.8) is 0 Å². The minimum Gasteiger partial charge on any atom is -0.313 e. The average Bonchev–Trinajstić information content (AvgIpc) is 3.03. The lowest BCUT2D eigenvalue weighted by Gasteiger charge is -2.26. The minimum absolute atomic E-state index is 0.427. The molecule has 1 nitrogen and oxygen atoms in total. The molecular formula is C24H19N. The summed E-state index contributed by atoms with van der Waals surface area (Å²) < 4.78 is 0. The second-order valence-corrected chi connectivity index (χ2v) is 6.64. The number of hydrogen-bond acceptors (Lipinski definition) is 1. The fourth-order valence-electron chi connectivity index (χ4n) is 4.05. The molecule has 0 fully saturated rings. The van der Waals surface area contributed by atoms with E-state index in [0.717, 1.165) is 6.42 Å². The number of hydrogen-bond donors (Lipinski definition) is 0. The van der Waals surface area contributed by atoms with Gasteiger partial charge in [-0.25, -0.2) is 0 Å². The summed E-state index contributed by atoms with van der Waals surface area (Å²) in [6, 6.07) is 30.2. The largest absolute Gasteiger partial charge is 0.313 e. The molecule has 25 heavy (non-hydrogen) atoms. The van der Waals surface area contributed by atoms with Gasteiger partial charge < -0.3 is 4.90 Å². The maximum atomic E-state index is 2.41. The summed E-state index contributed by atoms with van der Waals surface area (Å²) in [4.78, 5) is 2.41. The van der Waals surface area contributed by atoms with Crippen LogP contribution >= 0.6 is 0 Å². The monoisotopic (exact) mass is 321 g/mol. The Hall–Kier alpha value is -3.06. The van der Waals surface area contributed by atoms with E-state index in [1.165, 1.54) is 33.8 Å². The van der Waals surface area contributed by atoms with Gasteiger partial charge in [-0.1, -0.05) is 72.8 Å². The zero-order valence-corrected chi connectivity index (χ0v) is 14.0. The van der Waals surface area contributed by atoms with Crippen LogP contribution < -0.4 is 4.90 Å². The van der Waals surface area contributed by atoms with Crippen molar-refractivity contribution in [2.75, 3.05) is 4.90 Å². The third-order valence-corrected chi connectivity index (χ3v) is 5.21. The number of para-hydroxylation sites is 2. The Morgan fingerprint density at radius 1 is 0.680 bits per heavy atom. The molecule has 0 bridgehead atoms. The van der Waals surface area contributed by atoms with Gasteiger partial charge in [0, 0.05) is 23.0 Å². The van der Waals surface area contributed by atoms with Crippen LogP contribution in [0.1, 0.15) is 23.5 Å². The van der Waals surface area contributed by atoms with E-state index in [4.69, 9.17) is 0 Å². The van der Waals surface area contributed by atoms with Crippen LogP contribution in [0.2, 0.25) is 0 Å². The molecule has 1 heteroatoms. The van der Waals surface area contributed by atoms with Gasteiger partial charge >= 0.3 is 0 Å². The first-order chi connectivity index (χ1) is 12.4. The standard InChI is InChI=1S/C24H19N/c1-3-9-18(10-4-1)19-15-16-24-22(17-19)21-13-7-8-14-23(21)25(24)20-11-5-2-6-12-20/h1-16,22H,17H2. The number of fused-ring (bicyclic) bond motifs is 3. The van der Waals surface area contributed by atoms with Crippen molar-refractivity contribution in [3.05, 3.63) is 114 Å². The van der Waals surface area contributed by atoms with Crippen LogP contribution in [0.25, 0.3) is 5.57 Å². The second-order valence-electron chi connectivity index (χ2n) is 6.64. The number of rotatable bonds is 2. The van der Waals surface area contributed by atoms with E-state index in [1.807, 2.05) is 0 Å². The van der Waals surface area contributed by atoms with E-state index in [9.17, 15) is 0 Å². The first-order valence-electron chi connectivity index (χ1n) is 8.82. The summed E-state index contributed by atoms with van der Waals surface area (Å²) in [5.41, 5.74) is 8.10. The van der Waals surface area contributed by atoms with Crippen LogP contribution in [0.4, 0.5) is 11.4 Å². The molecule has 1 aliphatic carbocycles. The lowest BCUT2D eigenvalue weighted by Crippen LogP contribution is -2.15. The third kappa shape index (κ3) is 2.32. The molecule has 5 rings (SSSR count). The van der Waals surface area contributed by atoms with E-state index < -0.39 is 0 Å². The summed E-state index contributed by atoms with van der Waals surface area (Å²) in [5, 5.41) is 0. The van der Waals surface area contributed by atoms with Crippen LogP contribution in [-0.2, 0) is 0 Å². The molecule has 0 amide bonds. The smallest absolute Gasteiger partial charge is 0.0497 e. The lowest BCUT2D eigenvalue weighted by atomic mass is 9.85. The zero-order valence-electron chi connectivity index (χ0n) is 14.0. The van der Waals surface area contributed by atoms with Crippen LogP contribution in [0.15, 0.2) is 103 Å². The highest BCUT2D eigenvalue weighted by Gasteiger charge is 2.36. The van der Waals surface area contributed by atoms with Crippen LogP contribution in [0, 0.1) is 0 Å². The maximum Gasteiger partial charge on any atom is 0.0497 e. The molecular weight excluding hydrogens is 302 g/mol. The normalized spacial score (nSPS) is 18.2.